The highest BCUT2D eigenvalue weighted by Gasteiger charge is 2.15. The molecule has 0 amide bonds. The molecule has 3 rings (SSSR count). The summed E-state index contributed by atoms with van der Waals surface area (Å²) >= 11 is 0. The molecule has 0 aliphatic heterocycles. The molecule has 0 aliphatic rings. The molecule has 2 N–H and O–H groups in total. The fourth-order valence-electron chi connectivity index (χ4n) is 2.01. The van der Waals surface area contributed by atoms with Gasteiger partial charge in [0, 0.05) is 6.07 Å². The van der Waals surface area contributed by atoms with Crippen LogP contribution in [0.2, 0.25) is 0 Å². The molecule has 1 aromatic carbocycles. The van der Waals surface area contributed by atoms with Crippen LogP contribution >= 0.6 is 0 Å². The summed E-state index contributed by atoms with van der Waals surface area (Å²) in [5, 5.41) is 14.2. The van der Waals surface area contributed by atoms with Crippen LogP contribution < -0.4 is 5.56 Å². The van der Waals surface area contributed by atoms with E-state index in [-0.39, 0.29) is 11.4 Å². The van der Waals surface area contributed by atoms with Gasteiger partial charge in [0.15, 0.2) is 0 Å². The van der Waals surface area contributed by atoms with Crippen LogP contribution in [-0.4, -0.2) is 19.7 Å². The lowest BCUT2D eigenvalue weighted by atomic mass is 10.1. The van der Waals surface area contributed by atoms with E-state index in [1.165, 1.54) is 28.8 Å². The largest absolute Gasteiger partial charge is 0.493 e. The lowest BCUT2D eigenvalue weighted by Crippen LogP contribution is -2.12. The lowest BCUT2D eigenvalue weighted by molar-refractivity contribution is 0.436. The summed E-state index contributed by atoms with van der Waals surface area (Å²) < 4.78 is 14.1. The van der Waals surface area contributed by atoms with Crippen molar-refractivity contribution in [3.05, 3.63) is 52.2 Å². The second-order valence-corrected chi connectivity index (χ2v) is 4.24. The summed E-state index contributed by atoms with van der Waals surface area (Å²) in [4.78, 5) is 14.6. The van der Waals surface area contributed by atoms with Gasteiger partial charge in [-0.15, -0.1) is 0 Å². The van der Waals surface area contributed by atoms with Gasteiger partial charge in [0.25, 0.3) is 5.56 Å². The summed E-state index contributed by atoms with van der Waals surface area (Å²) in [5.41, 5.74) is 1.12. The molecule has 2 heterocycles. The highest BCUT2D eigenvalue weighted by atomic mass is 19.1. The second kappa shape index (κ2) is 3.94. The van der Waals surface area contributed by atoms with Crippen LogP contribution in [0.15, 0.2) is 35.1 Å². The first-order valence-electron chi connectivity index (χ1n) is 5.64. The van der Waals surface area contributed by atoms with E-state index in [4.69, 9.17) is 0 Å². The van der Waals surface area contributed by atoms with Gasteiger partial charge in [0.2, 0.25) is 5.88 Å². The molecule has 3 aromatic rings. The van der Waals surface area contributed by atoms with E-state index in [1.54, 1.807) is 13.0 Å². The highest BCUT2D eigenvalue weighted by molar-refractivity contribution is 5.69. The summed E-state index contributed by atoms with van der Waals surface area (Å²) in [7, 11) is 0. The Morgan fingerprint density at radius 1 is 1.32 bits per heavy atom. The predicted octanol–water partition coefficient (Wildman–Crippen LogP) is 1.84. The van der Waals surface area contributed by atoms with E-state index in [0.29, 0.717) is 16.9 Å². The first kappa shape index (κ1) is 11.5. The van der Waals surface area contributed by atoms with Crippen molar-refractivity contribution in [2.24, 2.45) is 0 Å². The number of benzene rings is 1. The van der Waals surface area contributed by atoms with E-state index in [0.717, 1.165) is 0 Å². The van der Waals surface area contributed by atoms with Crippen LogP contribution in [0.5, 0.6) is 5.88 Å². The van der Waals surface area contributed by atoms with Crippen LogP contribution in [-0.2, 0) is 0 Å². The smallest absolute Gasteiger partial charge is 0.262 e. The zero-order valence-electron chi connectivity index (χ0n) is 10.0. The molecule has 5 nitrogen and oxygen atoms in total. The van der Waals surface area contributed by atoms with Crippen LogP contribution in [0.3, 0.4) is 0 Å². The minimum absolute atomic E-state index is 0.0654. The van der Waals surface area contributed by atoms with E-state index in [9.17, 15) is 14.3 Å². The van der Waals surface area contributed by atoms with Gasteiger partial charge in [-0.25, -0.2) is 4.39 Å². The maximum Gasteiger partial charge on any atom is 0.262 e. The number of aromatic hydroxyl groups is 1. The number of nitrogens with one attached hydrogen (secondary N) is 1. The van der Waals surface area contributed by atoms with Crippen molar-refractivity contribution in [2.75, 3.05) is 0 Å². The Morgan fingerprint density at radius 3 is 2.68 bits per heavy atom. The molecule has 96 valence electrons. The number of aryl methyl sites for hydroxylation is 1. The summed E-state index contributed by atoms with van der Waals surface area (Å²) in [6.07, 6.45) is 0. The number of nitrogens with zero attached hydrogens (tertiary/aromatic N) is 2. The van der Waals surface area contributed by atoms with E-state index < -0.39 is 11.4 Å². The molecule has 0 bridgehead atoms. The van der Waals surface area contributed by atoms with Gasteiger partial charge in [0.1, 0.15) is 17.0 Å². The average molecular weight is 259 g/mol. The number of halogens is 1. The van der Waals surface area contributed by atoms with Crippen molar-refractivity contribution < 1.29 is 9.50 Å². The third-order valence-corrected chi connectivity index (χ3v) is 2.86. The van der Waals surface area contributed by atoms with Crippen LogP contribution in [0, 0.1) is 12.7 Å². The van der Waals surface area contributed by atoms with Crippen molar-refractivity contribution >= 4 is 5.65 Å². The maximum absolute atomic E-state index is 12.9. The van der Waals surface area contributed by atoms with Gasteiger partial charge in [-0.05, 0) is 24.6 Å². The number of H-pyrrole nitrogens is 1. The minimum atomic E-state index is -0.448. The molecule has 0 atom stereocenters. The monoisotopic (exact) mass is 259 g/mol. The molecule has 0 unspecified atom stereocenters. The Kier molecular flexibility index (Phi) is 2.38. The maximum atomic E-state index is 12.9. The summed E-state index contributed by atoms with van der Waals surface area (Å²) in [6, 6.07) is 6.97. The predicted molar refractivity (Wildman–Crippen MR) is 67.6 cm³/mol. The average Bonchev–Trinajstić information content (AvgIpc) is 2.72. The first-order valence-corrected chi connectivity index (χ1v) is 5.64. The summed E-state index contributed by atoms with van der Waals surface area (Å²) in [6.45, 7) is 1.75. The number of rotatable bonds is 1. The number of aromatic nitrogens is 3. The van der Waals surface area contributed by atoms with Gasteiger partial charge in [0.05, 0.1) is 5.69 Å². The van der Waals surface area contributed by atoms with Gasteiger partial charge in [-0.1, -0.05) is 12.1 Å². The molecular formula is C13H10FN3O2. The Labute approximate surface area is 107 Å². The highest BCUT2D eigenvalue weighted by Crippen LogP contribution is 2.25. The Balaban J connectivity index is 2.34. The Hall–Kier alpha value is -2.63. The third-order valence-electron chi connectivity index (χ3n) is 2.86. The molecular weight excluding hydrogens is 249 g/mol. The molecule has 6 heteroatoms. The van der Waals surface area contributed by atoms with Crippen LogP contribution in [0.4, 0.5) is 4.39 Å². The molecule has 0 spiro atoms. The molecule has 0 aliphatic carbocycles. The molecule has 0 fully saturated rings. The van der Waals surface area contributed by atoms with Crippen LogP contribution in [0.25, 0.3) is 16.8 Å². The minimum Gasteiger partial charge on any atom is -0.493 e. The van der Waals surface area contributed by atoms with Crippen molar-refractivity contribution in [3.63, 3.8) is 0 Å². The zero-order valence-corrected chi connectivity index (χ0v) is 10.0. The van der Waals surface area contributed by atoms with Gasteiger partial charge >= 0.3 is 0 Å². The van der Waals surface area contributed by atoms with E-state index >= 15 is 0 Å². The van der Waals surface area contributed by atoms with E-state index in [2.05, 4.69) is 10.1 Å². The lowest BCUT2D eigenvalue weighted by Gasteiger charge is -2.05. The SMILES string of the molecule is Cc1cc2[nH]c(=O)c(-c3ccc(F)cc3)c(O)n2n1. The number of hydrogen-bond donors (Lipinski definition) is 2. The molecule has 0 saturated carbocycles. The third kappa shape index (κ3) is 1.77. The van der Waals surface area contributed by atoms with Crippen molar-refractivity contribution in [1.82, 2.24) is 14.6 Å². The van der Waals surface area contributed by atoms with Gasteiger partial charge in [-0.2, -0.15) is 9.61 Å². The normalized spacial score (nSPS) is 11.1. The Bertz CT molecular complexity index is 818. The quantitative estimate of drug-likeness (QED) is 0.700. The topological polar surface area (TPSA) is 70.4 Å². The zero-order chi connectivity index (χ0) is 13.6. The van der Waals surface area contributed by atoms with Crippen LogP contribution in [0.1, 0.15) is 5.69 Å². The molecule has 0 saturated heterocycles. The van der Waals surface area contributed by atoms with Crippen molar-refractivity contribution in [2.45, 2.75) is 6.92 Å². The molecule has 19 heavy (non-hydrogen) atoms. The summed E-state index contributed by atoms with van der Waals surface area (Å²) in [5.74, 6) is -0.672. The van der Waals surface area contributed by atoms with Gasteiger partial charge in [-0.3, -0.25) is 4.79 Å². The number of fused-ring (bicyclic) bond motifs is 1. The fraction of sp³-hybridized carbons (Fsp3) is 0.0769. The Morgan fingerprint density at radius 2 is 2.00 bits per heavy atom. The van der Waals surface area contributed by atoms with E-state index in [1.807, 2.05) is 0 Å². The molecule has 2 aromatic heterocycles. The number of hydrogen-bond acceptors (Lipinski definition) is 3. The van der Waals surface area contributed by atoms with Crippen molar-refractivity contribution in [1.29, 1.82) is 0 Å². The van der Waals surface area contributed by atoms with Gasteiger partial charge < -0.3 is 10.1 Å². The molecule has 0 radical (unpaired) electrons. The number of aromatic amines is 1. The fourth-order valence-corrected chi connectivity index (χ4v) is 2.01. The standard InChI is InChI=1S/C13H10FN3O2/c1-7-6-10-15-12(18)11(13(19)17(10)16-7)8-2-4-9(14)5-3-8/h2-6,19H,1H3,(H,15,18). The van der Waals surface area contributed by atoms with Crippen molar-refractivity contribution in [3.8, 4) is 17.0 Å². The first-order chi connectivity index (χ1) is 9.06. The second-order valence-electron chi connectivity index (χ2n) is 4.24.